The number of benzene rings is 1. The van der Waals surface area contributed by atoms with Crippen LogP contribution in [0.25, 0.3) is 0 Å². The minimum absolute atomic E-state index is 0.406. The summed E-state index contributed by atoms with van der Waals surface area (Å²) in [6.07, 6.45) is 0. The van der Waals surface area contributed by atoms with E-state index in [2.05, 4.69) is 15.8 Å². The normalized spacial score (nSPS) is 10.8. The van der Waals surface area contributed by atoms with Crippen LogP contribution in [0.2, 0.25) is 0 Å². The maximum atomic E-state index is 5.70. The molecule has 1 rings (SSSR count). The molecule has 0 unspecified atom stereocenters. The highest BCUT2D eigenvalue weighted by Gasteiger charge is 1.95. The van der Waals surface area contributed by atoms with Gasteiger partial charge in [-0.25, -0.2) is 0 Å². The SMILES string of the molecule is CNC(=S)N/N=C(\N)c1ccccc1. The van der Waals surface area contributed by atoms with Crippen LogP contribution in [-0.2, 0) is 0 Å². The Morgan fingerprint density at radius 3 is 2.57 bits per heavy atom. The standard InChI is InChI=1S/C9H12N4S/c1-11-9(14)13-12-8(10)7-5-3-2-4-6-7/h2-6H,1H3,(H2,10,12)(H2,11,13,14). The molecule has 14 heavy (non-hydrogen) atoms. The maximum Gasteiger partial charge on any atom is 0.186 e. The zero-order valence-electron chi connectivity index (χ0n) is 7.82. The number of hydrogen-bond donors (Lipinski definition) is 3. The summed E-state index contributed by atoms with van der Waals surface area (Å²) in [4.78, 5) is 0. The fourth-order valence-electron chi connectivity index (χ4n) is 0.840. The highest BCUT2D eigenvalue weighted by Crippen LogP contribution is 1.96. The zero-order valence-corrected chi connectivity index (χ0v) is 8.64. The van der Waals surface area contributed by atoms with E-state index < -0.39 is 0 Å². The molecule has 0 aliphatic carbocycles. The van der Waals surface area contributed by atoms with E-state index in [1.807, 2.05) is 30.3 Å². The van der Waals surface area contributed by atoms with E-state index in [1.165, 1.54) is 0 Å². The highest BCUT2D eigenvalue weighted by atomic mass is 32.1. The molecule has 0 spiro atoms. The molecular formula is C9H12N4S. The number of nitrogens with zero attached hydrogens (tertiary/aromatic N) is 1. The van der Waals surface area contributed by atoms with Gasteiger partial charge in [0, 0.05) is 12.6 Å². The lowest BCUT2D eigenvalue weighted by Crippen LogP contribution is -2.31. The van der Waals surface area contributed by atoms with Crippen molar-refractivity contribution in [1.29, 1.82) is 0 Å². The van der Waals surface area contributed by atoms with Crippen molar-refractivity contribution < 1.29 is 0 Å². The molecule has 0 radical (unpaired) electrons. The van der Waals surface area contributed by atoms with Crippen molar-refractivity contribution in [3.8, 4) is 0 Å². The molecule has 0 aromatic heterocycles. The van der Waals surface area contributed by atoms with Crippen molar-refractivity contribution in [2.24, 2.45) is 10.8 Å². The summed E-state index contributed by atoms with van der Waals surface area (Å²) in [6.45, 7) is 0. The molecule has 0 amide bonds. The summed E-state index contributed by atoms with van der Waals surface area (Å²) >= 11 is 4.84. The number of amidine groups is 1. The van der Waals surface area contributed by atoms with Crippen LogP contribution in [0.15, 0.2) is 35.4 Å². The van der Waals surface area contributed by atoms with Gasteiger partial charge in [0.05, 0.1) is 0 Å². The first-order valence-electron chi connectivity index (χ1n) is 4.10. The smallest absolute Gasteiger partial charge is 0.186 e. The van der Waals surface area contributed by atoms with Crippen molar-refractivity contribution in [3.05, 3.63) is 35.9 Å². The van der Waals surface area contributed by atoms with E-state index >= 15 is 0 Å². The second kappa shape index (κ2) is 5.18. The van der Waals surface area contributed by atoms with Gasteiger partial charge in [-0.15, -0.1) is 0 Å². The molecule has 0 heterocycles. The minimum Gasteiger partial charge on any atom is -0.382 e. The average molecular weight is 208 g/mol. The third kappa shape index (κ3) is 3.02. The molecule has 0 bridgehead atoms. The maximum absolute atomic E-state index is 5.70. The van der Waals surface area contributed by atoms with Gasteiger partial charge in [0.15, 0.2) is 10.9 Å². The third-order valence-electron chi connectivity index (χ3n) is 1.57. The predicted molar refractivity (Wildman–Crippen MR) is 62.0 cm³/mol. The van der Waals surface area contributed by atoms with Crippen molar-refractivity contribution in [1.82, 2.24) is 10.7 Å². The number of hydrogen-bond acceptors (Lipinski definition) is 2. The number of nitrogens with one attached hydrogen (secondary N) is 2. The average Bonchev–Trinajstić information content (AvgIpc) is 2.26. The summed E-state index contributed by atoms with van der Waals surface area (Å²) in [5.41, 5.74) is 9.17. The van der Waals surface area contributed by atoms with Gasteiger partial charge in [-0.05, 0) is 12.2 Å². The van der Waals surface area contributed by atoms with E-state index in [1.54, 1.807) is 7.05 Å². The fourth-order valence-corrected chi connectivity index (χ4v) is 0.886. The summed E-state index contributed by atoms with van der Waals surface area (Å²) in [7, 11) is 1.71. The van der Waals surface area contributed by atoms with Gasteiger partial charge in [-0.3, -0.25) is 5.43 Å². The molecule has 0 fully saturated rings. The Labute approximate surface area is 88.2 Å². The molecule has 4 N–H and O–H groups in total. The van der Waals surface area contributed by atoms with Crippen LogP contribution in [0.5, 0.6) is 0 Å². The summed E-state index contributed by atoms with van der Waals surface area (Å²) < 4.78 is 0. The van der Waals surface area contributed by atoms with Gasteiger partial charge in [-0.2, -0.15) is 5.10 Å². The third-order valence-corrected chi connectivity index (χ3v) is 1.87. The Balaban J connectivity index is 2.66. The first-order chi connectivity index (χ1) is 6.74. The quantitative estimate of drug-likeness (QED) is 0.285. The van der Waals surface area contributed by atoms with Gasteiger partial charge in [-0.1, -0.05) is 30.3 Å². The summed E-state index contributed by atoms with van der Waals surface area (Å²) in [5.74, 6) is 0.406. The topological polar surface area (TPSA) is 62.4 Å². The first kappa shape index (κ1) is 10.5. The molecule has 0 atom stereocenters. The lowest BCUT2D eigenvalue weighted by atomic mass is 10.2. The second-order valence-corrected chi connectivity index (χ2v) is 2.96. The Bertz CT molecular complexity index is 334. The first-order valence-corrected chi connectivity index (χ1v) is 4.51. The molecule has 0 aliphatic rings. The molecule has 5 heteroatoms. The van der Waals surface area contributed by atoms with Gasteiger partial charge in [0.1, 0.15) is 0 Å². The van der Waals surface area contributed by atoms with Crippen LogP contribution in [0.3, 0.4) is 0 Å². The molecule has 1 aromatic rings. The Kier molecular flexibility index (Phi) is 3.87. The van der Waals surface area contributed by atoms with E-state index in [0.29, 0.717) is 10.9 Å². The van der Waals surface area contributed by atoms with Crippen molar-refractivity contribution >= 4 is 23.2 Å². The molecule has 74 valence electrons. The molecule has 0 saturated heterocycles. The predicted octanol–water partition coefficient (Wildman–Crippen LogP) is 0.401. The lowest BCUT2D eigenvalue weighted by Gasteiger charge is -2.03. The Morgan fingerprint density at radius 1 is 1.36 bits per heavy atom. The Hall–Kier alpha value is -1.62. The molecule has 0 saturated carbocycles. The van der Waals surface area contributed by atoms with Crippen LogP contribution in [0.4, 0.5) is 0 Å². The highest BCUT2D eigenvalue weighted by molar-refractivity contribution is 7.80. The molecule has 1 aromatic carbocycles. The van der Waals surface area contributed by atoms with Crippen LogP contribution in [0.1, 0.15) is 5.56 Å². The van der Waals surface area contributed by atoms with Crippen LogP contribution < -0.4 is 16.5 Å². The van der Waals surface area contributed by atoms with E-state index in [4.69, 9.17) is 18.0 Å². The fraction of sp³-hybridized carbons (Fsp3) is 0.111. The largest absolute Gasteiger partial charge is 0.382 e. The lowest BCUT2D eigenvalue weighted by molar-refractivity contribution is 0.972. The van der Waals surface area contributed by atoms with Gasteiger partial charge in [0.25, 0.3) is 0 Å². The molecule has 0 aliphatic heterocycles. The number of thiocarbonyl (C=S) groups is 1. The number of hydrazone groups is 1. The van der Waals surface area contributed by atoms with Crippen LogP contribution in [0, 0.1) is 0 Å². The number of rotatable bonds is 2. The van der Waals surface area contributed by atoms with Crippen molar-refractivity contribution in [3.63, 3.8) is 0 Å². The summed E-state index contributed by atoms with van der Waals surface area (Å²) in [6, 6.07) is 9.47. The molecule has 4 nitrogen and oxygen atoms in total. The van der Waals surface area contributed by atoms with Crippen molar-refractivity contribution in [2.75, 3.05) is 7.05 Å². The monoisotopic (exact) mass is 208 g/mol. The zero-order chi connectivity index (χ0) is 10.4. The Morgan fingerprint density at radius 2 is 2.00 bits per heavy atom. The van der Waals surface area contributed by atoms with E-state index in [-0.39, 0.29) is 0 Å². The number of nitrogens with two attached hydrogens (primary N) is 1. The van der Waals surface area contributed by atoms with E-state index in [9.17, 15) is 0 Å². The second-order valence-electron chi connectivity index (χ2n) is 2.55. The van der Waals surface area contributed by atoms with Gasteiger partial charge in [0.2, 0.25) is 0 Å². The van der Waals surface area contributed by atoms with Gasteiger partial charge < -0.3 is 11.1 Å². The van der Waals surface area contributed by atoms with Crippen molar-refractivity contribution in [2.45, 2.75) is 0 Å². The van der Waals surface area contributed by atoms with Crippen LogP contribution >= 0.6 is 12.2 Å². The molecular weight excluding hydrogens is 196 g/mol. The summed E-state index contributed by atoms with van der Waals surface area (Å²) in [5, 5.41) is 7.07. The van der Waals surface area contributed by atoms with Crippen LogP contribution in [-0.4, -0.2) is 18.0 Å². The van der Waals surface area contributed by atoms with Gasteiger partial charge >= 0.3 is 0 Å². The van der Waals surface area contributed by atoms with E-state index in [0.717, 1.165) is 5.56 Å². The minimum atomic E-state index is 0.406.